The summed E-state index contributed by atoms with van der Waals surface area (Å²) >= 11 is 5.80. The Hall–Kier alpha value is -2.93. The Balaban J connectivity index is 1.49. The summed E-state index contributed by atoms with van der Waals surface area (Å²) < 4.78 is 14.1. The number of halogens is 2. The Bertz CT molecular complexity index is 944. The first kappa shape index (κ1) is 22.7. The number of rotatable bonds is 7. The van der Waals surface area contributed by atoms with E-state index in [2.05, 4.69) is 16.0 Å². The van der Waals surface area contributed by atoms with Crippen molar-refractivity contribution in [2.24, 2.45) is 5.92 Å². The minimum atomic E-state index is -0.558. The van der Waals surface area contributed by atoms with Crippen LogP contribution in [0.1, 0.15) is 48.9 Å². The van der Waals surface area contributed by atoms with Crippen LogP contribution in [0.5, 0.6) is 0 Å². The van der Waals surface area contributed by atoms with Crippen molar-refractivity contribution in [1.29, 1.82) is 0 Å². The first-order valence-corrected chi connectivity index (χ1v) is 10.7. The van der Waals surface area contributed by atoms with E-state index < -0.39 is 5.82 Å². The highest BCUT2D eigenvalue weighted by molar-refractivity contribution is 6.30. The summed E-state index contributed by atoms with van der Waals surface area (Å²) in [5, 5.41) is 8.49. The Morgan fingerprint density at radius 1 is 0.968 bits per heavy atom. The zero-order valence-corrected chi connectivity index (χ0v) is 17.8. The fourth-order valence-electron chi connectivity index (χ4n) is 3.51. The third-order valence-electron chi connectivity index (χ3n) is 5.23. The normalized spacial score (nSPS) is 14.0. The molecule has 8 heteroatoms. The second-order valence-electron chi connectivity index (χ2n) is 7.58. The van der Waals surface area contributed by atoms with Gasteiger partial charge in [-0.2, -0.15) is 0 Å². The fourth-order valence-corrected chi connectivity index (χ4v) is 3.64. The molecular weight excluding hydrogens is 421 g/mol. The number of carbonyl (C=O) groups is 3. The molecule has 31 heavy (non-hydrogen) atoms. The summed E-state index contributed by atoms with van der Waals surface area (Å²) in [6.45, 7) is 0.139. The number of hydrogen-bond acceptors (Lipinski definition) is 3. The lowest BCUT2D eigenvalue weighted by molar-refractivity contribution is -0.120. The van der Waals surface area contributed by atoms with Gasteiger partial charge in [0.1, 0.15) is 5.82 Å². The lowest BCUT2D eigenvalue weighted by Crippen LogP contribution is -2.27. The minimum absolute atomic E-state index is 0.0421. The number of amides is 3. The maximum absolute atomic E-state index is 14.1. The van der Waals surface area contributed by atoms with E-state index in [9.17, 15) is 18.8 Å². The average Bonchev–Trinajstić information content (AvgIpc) is 2.77. The van der Waals surface area contributed by atoms with Crippen molar-refractivity contribution in [3.05, 3.63) is 58.9 Å². The van der Waals surface area contributed by atoms with Crippen LogP contribution in [0.15, 0.2) is 42.5 Å². The molecule has 0 bridgehead atoms. The van der Waals surface area contributed by atoms with Crippen LogP contribution < -0.4 is 16.0 Å². The predicted octanol–water partition coefficient (Wildman–Crippen LogP) is 4.76. The quantitative estimate of drug-likeness (QED) is 0.574. The van der Waals surface area contributed by atoms with Crippen molar-refractivity contribution in [3.8, 4) is 0 Å². The van der Waals surface area contributed by atoms with Crippen molar-refractivity contribution in [3.63, 3.8) is 0 Å². The summed E-state index contributed by atoms with van der Waals surface area (Å²) in [6, 6.07) is 10.5. The van der Waals surface area contributed by atoms with E-state index in [1.54, 1.807) is 24.3 Å². The van der Waals surface area contributed by atoms with E-state index in [0.29, 0.717) is 16.3 Å². The second-order valence-corrected chi connectivity index (χ2v) is 8.02. The third-order valence-corrected chi connectivity index (χ3v) is 5.48. The van der Waals surface area contributed by atoms with E-state index in [1.165, 1.54) is 18.2 Å². The number of anilines is 2. The molecule has 0 heterocycles. The fraction of sp³-hybridized carbons (Fsp3) is 0.348. The molecular formula is C23H25ClFN3O3. The SMILES string of the molecule is O=C(CCNC(=O)c1ccc(Cl)cc1)Nc1ccc(F)c(NC(=O)C2CCCCC2)c1. The van der Waals surface area contributed by atoms with Gasteiger partial charge >= 0.3 is 0 Å². The Labute approximate surface area is 185 Å². The smallest absolute Gasteiger partial charge is 0.251 e. The van der Waals surface area contributed by atoms with Gasteiger partial charge in [0.05, 0.1) is 5.69 Å². The molecule has 6 nitrogen and oxygen atoms in total. The standard InChI is InChI=1S/C23H25ClFN3O3/c24-17-8-6-16(7-9-17)22(30)26-13-12-21(29)27-18-10-11-19(25)20(14-18)28-23(31)15-4-2-1-3-5-15/h6-11,14-15H,1-5,12-13H2,(H,26,30)(H,27,29)(H,28,31). The lowest BCUT2D eigenvalue weighted by atomic mass is 9.88. The van der Waals surface area contributed by atoms with E-state index >= 15 is 0 Å². The molecule has 164 valence electrons. The summed E-state index contributed by atoms with van der Waals surface area (Å²) in [4.78, 5) is 36.6. The van der Waals surface area contributed by atoms with E-state index in [-0.39, 0.29) is 42.3 Å². The Morgan fingerprint density at radius 2 is 1.68 bits per heavy atom. The van der Waals surface area contributed by atoms with Crippen LogP contribution in [0.2, 0.25) is 5.02 Å². The topological polar surface area (TPSA) is 87.3 Å². The number of carbonyl (C=O) groups excluding carboxylic acids is 3. The largest absolute Gasteiger partial charge is 0.352 e. The van der Waals surface area contributed by atoms with Crippen LogP contribution in [-0.4, -0.2) is 24.3 Å². The summed E-state index contributed by atoms with van der Waals surface area (Å²) in [5.74, 6) is -1.49. The van der Waals surface area contributed by atoms with Crippen molar-refractivity contribution >= 4 is 40.7 Å². The molecule has 0 atom stereocenters. The number of nitrogens with one attached hydrogen (secondary N) is 3. The molecule has 2 aromatic rings. The first-order valence-electron chi connectivity index (χ1n) is 10.4. The Morgan fingerprint density at radius 3 is 2.39 bits per heavy atom. The van der Waals surface area contributed by atoms with Gasteiger partial charge in [-0.25, -0.2) is 4.39 Å². The van der Waals surface area contributed by atoms with Crippen molar-refractivity contribution in [2.45, 2.75) is 38.5 Å². The molecule has 1 saturated carbocycles. The molecule has 3 amide bonds. The zero-order chi connectivity index (χ0) is 22.2. The molecule has 0 aliphatic heterocycles. The van der Waals surface area contributed by atoms with E-state index in [1.807, 2.05) is 0 Å². The average molecular weight is 446 g/mol. The number of hydrogen-bond donors (Lipinski definition) is 3. The molecule has 0 unspecified atom stereocenters. The van der Waals surface area contributed by atoms with Gasteiger partial charge in [0.25, 0.3) is 5.91 Å². The van der Waals surface area contributed by atoms with Crippen LogP contribution in [0.4, 0.5) is 15.8 Å². The van der Waals surface area contributed by atoms with Gasteiger partial charge in [0.2, 0.25) is 11.8 Å². The van der Waals surface area contributed by atoms with Gasteiger partial charge in [0.15, 0.2) is 0 Å². The maximum Gasteiger partial charge on any atom is 0.251 e. The van der Waals surface area contributed by atoms with Crippen LogP contribution in [0.3, 0.4) is 0 Å². The monoisotopic (exact) mass is 445 g/mol. The van der Waals surface area contributed by atoms with Crippen LogP contribution >= 0.6 is 11.6 Å². The van der Waals surface area contributed by atoms with Crippen molar-refractivity contribution in [1.82, 2.24) is 5.32 Å². The highest BCUT2D eigenvalue weighted by Crippen LogP contribution is 2.26. The molecule has 0 saturated heterocycles. The Kier molecular flexibility index (Phi) is 8.00. The summed E-state index contributed by atoms with van der Waals surface area (Å²) in [6.07, 6.45) is 4.80. The first-order chi connectivity index (χ1) is 14.9. The molecule has 1 aliphatic carbocycles. The highest BCUT2D eigenvalue weighted by Gasteiger charge is 2.22. The maximum atomic E-state index is 14.1. The second kappa shape index (κ2) is 10.9. The summed E-state index contributed by atoms with van der Waals surface area (Å²) in [7, 11) is 0. The summed E-state index contributed by atoms with van der Waals surface area (Å²) in [5.41, 5.74) is 0.862. The molecule has 3 N–H and O–H groups in total. The van der Waals surface area contributed by atoms with Crippen LogP contribution in [-0.2, 0) is 9.59 Å². The van der Waals surface area contributed by atoms with Gasteiger partial charge < -0.3 is 16.0 Å². The van der Waals surface area contributed by atoms with Gasteiger partial charge in [-0.15, -0.1) is 0 Å². The van der Waals surface area contributed by atoms with Gasteiger partial charge in [-0.1, -0.05) is 30.9 Å². The molecule has 0 spiro atoms. The third kappa shape index (κ3) is 6.79. The zero-order valence-electron chi connectivity index (χ0n) is 17.0. The molecule has 3 rings (SSSR count). The van der Waals surface area contributed by atoms with Crippen molar-refractivity contribution < 1.29 is 18.8 Å². The molecule has 2 aromatic carbocycles. The molecule has 0 radical (unpaired) electrons. The van der Waals surface area contributed by atoms with Gasteiger partial charge in [-0.05, 0) is 55.3 Å². The minimum Gasteiger partial charge on any atom is -0.352 e. The number of benzene rings is 2. The molecule has 1 aliphatic rings. The van der Waals surface area contributed by atoms with Crippen molar-refractivity contribution in [2.75, 3.05) is 17.2 Å². The van der Waals surface area contributed by atoms with Gasteiger partial charge in [-0.3, -0.25) is 14.4 Å². The predicted molar refractivity (Wildman–Crippen MR) is 119 cm³/mol. The molecule has 0 aromatic heterocycles. The van der Waals surface area contributed by atoms with E-state index in [4.69, 9.17) is 11.6 Å². The van der Waals surface area contributed by atoms with Gasteiger partial charge in [0, 0.05) is 35.2 Å². The highest BCUT2D eigenvalue weighted by atomic mass is 35.5. The van der Waals surface area contributed by atoms with Crippen LogP contribution in [0.25, 0.3) is 0 Å². The lowest BCUT2D eigenvalue weighted by Gasteiger charge is -2.21. The van der Waals surface area contributed by atoms with E-state index in [0.717, 1.165) is 32.1 Å². The van der Waals surface area contributed by atoms with Crippen LogP contribution in [0, 0.1) is 11.7 Å². The molecule has 1 fully saturated rings.